The Bertz CT molecular complexity index is 1960. The molecule has 0 bridgehead atoms. The molecular formula is C43H52N5O7PS. The zero-order valence-electron chi connectivity index (χ0n) is 33.7. The molecule has 1 saturated heterocycles. The van der Waals surface area contributed by atoms with Crippen molar-refractivity contribution >= 4 is 20.3 Å². The molecule has 0 N–H and O–H groups in total. The molecule has 4 atom stereocenters. The number of rotatable bonds is 20. The van der Waals surface area contributed by atoms with Crippen molar-refractivity contribution in [1.29, 1.82) is 10.5 Å². The van der Waals surface area contributed by atoms with E-state index in [4.69, 9.17) is 33.3 Å². The van der Waals surface area contributed by atoms with E-state index in [1.54, 1.807) is 20.4 Å². The van der Waals surface area contributed by atoms with Crippen molar-refractivity contribution in [3.63, 3.8) is 0 Å². The number of nitrogens with zero attached hydrogens (tertiary/aromatic N) is 5. The Hall–Kier alpha value is -4.30. The van der Waals surface area contributed by atoms with Gasteiger partial charge < -0.3 is 28.0 Å². The molecule has 1 unspecified atom stereocenters. The minimum absolute atomic E-state index is 0.0576. The van der Waals surface area contributed by atoms with E-state index in [0.29, 0.717) is 35.1 Å². The Morgan fingerprint density at radius 1 is 0.912 bits per heavy atom. The fraction of sp³-hybridized carbons (Fsp3) is 0.442. The van der Waals surface area contributed by atoms with Gasteiger partial charge in [-0.1, -0.05) is 54.6 Å². The molecule has 302 valence electrons. The highest BCUT2D eigenvalue weighted by Gasteiger charge is 2.45. The van der Waals surface area contributed by atoms with E-state index >= 15 is 0 Å². The fourth-order valence-electron chi connectivity index (χ4n) is 6.92. The molecule has 4 aromatic rings. The molecule has 5 rings (SSSR count). The summed E-state index contributed by atoms with van der Waals surface area (Å²) in [5, 5.41) is 19.0. The molecule has 57 heavy (non-hydrogen) atoms. The minimum atomic E-state index is -1.66. The summed E-state index contributed by atoms with van der Waals surface area (Å²) in [5.74, 6) is 1.95. The van der Waals surface area contributed by atoms with Crippen LogP contribution in [-0.4, -0.2) is 71.7 Å². The second-order valence-electron chi connectivity index (χ2n) is 14.0. The molecule has 1 fully saturated rings. The molecule has 1 aliphatic heterocycles. The third-order valence-corrected chi connectivity index (χ3v) is 12.8. The van der Waals surface area contributed by atoms with Gasteiger partial charge in [0.1, 0.15) is 34.5 Å². The van der Waals surface area contributed by atoms with E-state index in [1.165, 1.54) is 16.3 Å². The van der Waals surface area contributed by atoms with E-state index in [9.17, 15) is 10.1 Å². The van der Waals surface area contributed by atoms with Gasteiger partial charge in [0.05, 0.1) is 52.1 Å². The number of hydrogen-bond acceptors (Lipinski definition) is 12. The van der Waals surface area contributed by atoms with Crippen LogP contribution in [0.4, 0.5) is 0 Å². The summed E-state index contributed by atoms with van der Waals surface area (Å²) in [5.41, 5.74) is 1.83. The van der Waals surface area contributed by atoms with E-state index in [2.05, 4.69) is 49.5 Å². The average molecular weight is 814 g/mol. The van der Waals surface area contributed by atoms with Gasteiger partial charge in [-0.05, 0) is 81.1 Å². The molecule has 12 nitrogen and oxygen atoms in total. The predicted molar refractivity (Wildman–Crippen MR) is 221 cm³/mol. The molecule has 0 radical (unpaired) electrons. The summed E-state index contributed by atoms with van der Waals surface area (Å²) in [6.07, 6.45) is 0.656. The Morgan fingerprint density at radius 2 is 1.49 bits per heavy atom. The van der Waals surface area contributed by atoms with Crippen molar-refractivity contribution < 1.29 is 28.0 Å². The summed E-state index contributed by atoms with van der Waals surface area (Å²) in [7, 11) is 1.61. The molecular weight excluding hydrogens is 762 g/mol. The van der Waals surface area contributed by atoms with Crippen molar-refractivity contribution in [3.05, 3.63) is 118 Å². The van der Waals surface area contributed by atoms with Gasteiger partial charge >= 0.3 is 5.69 Å². The molecule has 1 aromatic heterocycles. The Morgan fingerprint density at radius 3 is 2.04 bits per heavy atom. The molecule has 14 heteroatoms. The lowest BCUT2D eigenvalue weighted by atomic mass is 9.80. The number of nitriles is 2. The normalized spacial score (nSPS) is 17.4. The fourth-order valence-corrected chi connectivity index (χ4v) is 9.49. The highest BCUT2D eigenvalue weighted by Crippen LogP contribution is 2.50. The Balaban J connectivity index is 1.59. The first-order valence-electron chi connectivity index (χ1n) is 19.0. The van der Waals surface area contributed by atoms with Gasteiger partial charge in [0.15, 0.2) is 0 Å². The number of aryl methyl sites for hydroxylation is 1. The predicted octanol–water partition coefficient (Wildman–Crippen LogP) is 8.53. The first-order valence-corrected chi connectivity index (χ1v) is 21.2. The van der Waals surface area contributed by atoms with Gasteiger partial charge in [-0.25, -0.2) is 9.46 Å². The Labute approximate surface area is 341 Å². The number of thioether (sulfide) groups is 1. The molecule has 0 spiro atoms. The third kappa shape index (κ3) is 10.6. The van der Waals surface area contributed by atoms with E-state index in [0.717, 1.165) is 22.3 Å². The third-order valence-electron chi connectivity index (χ3n) is 9.56. The van der Waals surface area contributed by atoms with Crippen LogP contribution in [0, 0.1) is 29.6 Å². The van der Waals surface area contributed by atoms with Crippen molar-refractivity contribution in [2.45, 2.75) is 95.0 Å². The summed E-state index contributed by atoms with van der Waals surface area (Å²) < 4.78 is 42.1. The standard InChI is InChI=1S/C43H52N5O7PS/c1-30(2)48(31(3)4)56(53-25-11-23-44)55-38-27-40(47-28-32(5)41(46-42(47)49)57-26-12-24-45)54-39(38)29-52-43(33-13-9-8-10-14-33,34-15-19-36(50-6)20-16-34)35-17-21-37(51-7)22-18-35/h8-10,13-22,28,30-31,38-40H,11-12,25-27,29H2,1-7H3/t38-,39-,40-,56?/m1/s1. The van der Waals surface area contributed by atoms with Gasteiger partial charge in [-0.2, -0.15) is 15.5 Å². The lowest BCUT2D eigenvalue weighted by molar-refractivity contribution is -0.0926. The maximum atomic E-state index is 13.6. The number of hydrogen-bond donors (Lipinski definition) is 0. The van der Waals surface area contributed by atoms with Crippen LogP contribution < -0.4 is 15.2 Å². The minimum Gasteiger partial charge on any atom is -0.497 e. The smallest absolute Gasteiger partial charge is 0.350 e. The zero-order valence-corrected chi connectivity index (χ0v) is 35.4. The summed E-state index contributed by atoms with van der Waals surface area (Å²) in [4.78, 5) is 18.0. The van der Waals surface area contributed by atoms with Crippen LogP contribution in [0.5, 0.6) is 11.5 Å². The number of benzene rings is 3. The van der Waals surface area contributed by atoms with Gasteiger partial charge in [-0.15, -0.1) is 11.8 Å². The first-order chi connectivity index (χ1) is 27.6. The first kappa shape index (κ1) is 43.8. The van der Waals surface area contributed by atoms with Crippen LogP contribution in [0.25, 0.3) is 0 Å². The van der Waals surface area contributed by atoms with Crippen molar-refractivity contribution in [1.82, 2.24) is 14.2 Å². The van der Waals surface area contributed by atoms with Crippen LogP contribution in [0.15, 0.2) is 94.9 Å². The molecule has 0 amide bonds. The van der Waals surface area contributed by atoms with E-state index < -0.39 is 38.3 Å². The molecule has 2 heterocycles. The topological polar surface area (TPSA) is 141 Å². The molecule has 3 aromatic carbocycles. The lowest BCUT2D eigenvalue weighted by Gasteiger charge is -2.39. The maximum absolute atomic E-state index is 13.6. The van der Waals surface area contributed by atoms with Crippen molar-refractivity contribution in [2.24, 2.45) is 0 Å². The van der Waals surface area contributed by atoms with E-state index in [-0.39, 0.29) is 31.7 Å². The van der Waals surface area contributed by atoms with Gasteiger partial charge in [0.25, 0.3) is 8.53 Å². The monoisotopic (exact) mass is 813 g/mol. The van der Waals surface area contributed by atoms with Crippen LogP contribution in [0.3, 0.4) is 0 Å². The zero-order chi connectivity index (χ0) is 41.0. The van der Waals surface area contributed by atoms with Crippen molar-refractivity contribution in [2.75, 3.05) is 33.2 Å². The number of methoxy groups -OCH3 is 2. The van der Waals surface area contributed by atoms with Crippen LogP contribution >= 0.6 is 20.3 Å². The lowest BCUT2D eigenvalue weighted by Crippen LogP contribution is -2.39. The highest BCUT2D eigenvalue weighted by molar-refractivity contribution is 7.99. The Kier molecular flexibility index (Phi) is 16.1. The second-order valence-corrected chi connectivity index (χ2v) is 16.5. The second kappa shape index (κ2) is 20.9. The SMILES string of the molecule is COc1ccc(C(OC[C@H]2O[C@@H](n3cc(C)c(SCCC#N)nc3=O)C[C@H]2OP(OCCC#N)N(C(C)C)C(C)C)(c2ccccc2)c2ccc(OC)cc2)cc1. The van der Waals surface area contributed by atoms with Crippen LogP contribution in [-0.2, 0) is 24.1 Å². The number of ether oxygens (including phenoxy) is 4. The summed E-state index contributed by atoms with van der Waals surface area (Å²) in [6.45, 7) is 10.5. The molecule has 1 aliphatic rings. The van der Waals surface area contributed by atoms with Crippen molar-refractivity contribution in [3.8, 4) is 23.6 Å². The quantitative estimate of drug-likeness (QED) is 0.0278. The van der Waals surface area contributed by atoms with Crippen LogP contribution in [0.1, 0.15) is 75.4 Å². The van der Waals surface area contributed by atoms with Gasteiger partial charge in [-0.3, -0.25) is 4.57 Å². The van der Waals surface area contributed by atoms with Gasteiger partial charge in [0.2, 0.25) is 0 Å². The largest absolute Gasteiger partial charge is 0.497 e. The summed E-state index contributed by atoms with van der Waals surface area (Å²) in [6, 6.07) is 30.1. The van der Waals surface area contributed by atoms with Gasteiger partial charge in [0, 0.05) is 36.9 Å². The average Bonchev–Trinajstić information content (AvgIpc) is 3.61. The maximum Gasteiger partial charge on any atom is 0.350 e. The van der Waals surface area contributed by atoms with Crippen LogP contribution in [0.2, 0.25) is 0 Å². The molecule has 0 aliphatic carbocycles. The highest BCUT2D eigenvalue weighted by atomic mass is 32.2. The number of aromatic nitrogens is 2. The summed E-state index contributed by atoms with van der Waals surface area (Å²) >= 11 is 1.38. The van der Waals surface area contributed by atoms with E-state index in [1.807, 2.05) is 85.8 Å². The molecule has 0 saturated carbocycles.